The monoisotopic (exact) mass is 253 g/mol. The Balaban J connectivity index is 2.37. The number of anilines is 1. The van der Waals surface area contributed by atoms with Crippen LogP contribution in [0.2, 0.25) is 5.15 Å². The van der Waals surface area contributed by atoms with Gasteiger partial charge in [-0.1, -0.05) is 23.7 Å². The number of benzene rings is 1. The molecule has 0 spiro atoms. The van der Waals surface area contributed by atoms with Crippen molar-refractivity contribution in [2.24, 2.45) is 0 Å². The van der Waals surface area contributed by atoms with Crippen molar-refractivity contribution in [2.45, 2.75) is 6.54 Å². The summed E-state index contributed by atoms with van der Waals surface area (Å²) in [6.07, 6.45) is 1.28. The van der Waals surface area contributed by atoms with Crippen molar-refractivity contribution < 1.29 is 4.39 Å². The van der Waals surface area contributed by atoms with E-state index in [0.717, 1.165) is 0 Å². The number of halogens is 2. The lowest BCUT2D eigenvalue weighted by Crippen LogP contribution is -2.24. The number of hydrogen-bond donors (Lipinski definition) is 1. The van der Waals surface area contributed by atoms with Crippen LogP contribution in [-0.2, 0) is 6.54 Å². The zero-order chi connectivity index (χ0) is 12.4. The average molecular weight is 254 g/mol. The molecule has 0 bridgehead atoms. The molecule has 0 fully saturated rings. The van der Waals surface area contributed by atoms with E-state index in [1.807, 2.05) is 0 Å². The molecule has 2 aromatic rings. The summed E-state index contributed by atoms with van der Waals surface area (Å²) >= 11 is 5.60. The Labute approximate surface area is 101 Å². The van der Waals surface area contributed by atoms with E-state index in [1.54, 1.807) is 12.1 Å². The van der Waals surface area contributed by atoms with Gasteiger partial charge in [-0.25, -0.2) is 9.37 Å². The van der Waals surface area contributed by atoms with Crippen molar-refractivity contribution in [2.75, 3.05) is 5.73 Å². The van der Waals surface area contributed by atoms with Crippen LogP contribution in [-0.4, -0.2) is 9.55 Å². The van der Waals surface area contributed by atoms with Gasteiger partial charge in [0.15, 0.2) is 5.15 Å². The SMILES string of the molecule is Nc1c(Cl)ncn(Cc2cccc(F)c2)c1=O. The molecule has 0 aliphatic rings. The number of nitrogen functional groups attached to an aromatic ring is 1. The van der Waals surface area contributed by atoms with Gasteiger partial charge in [0.1, 0.15) is 11.5 Å². The van der Waals surface area contributed by atoms with E-state index in [-0.39, 0.29) is 23.2 Å². The van der Waals surface area contributed by atoms with Crippen LogP contribution in [0.5, 0.6) is 0 Å². The Morgan fingerprint density at radius 1 is 1.47 bits per heavy atom. The summed E-state index contributed by atoms with van der Waals surface area (Å²) in [7, 11) is 0. The van der Waals surface area contributed by atoms with Gasteiger partial charge in [-0.05, 0) is 17.7 Å². The quantitative estimate of drug-likeness (QED) is 0.828. The number of rotatable bonds is 2. The van der Waals surface area contributed by atoms with Crippen LogP contribution in [0.1, 0.15) is 5.56 Å². The molecule has 88 valence electrons. The molecule has 1 heterocycles. The summed E-state index contributed by atoms with van der Waals surface area (Å²) in [5, 5.41) is -0.0227. The lowest BCUT2D eigenvalue weighted by molar-refractivity contribution is 0.622. The van der Waals surface area contributed by atoms with Crippen LogP contribution in [0.15, 0.2) is 35.4 Å². The van der Waals surface area contributed by atoms with Crippen molar-refractivity contribution in [1.82, 2.24) is 9.55 Å². The highest BCUT2D eigenvalue weighted by Crippen LogP contribution is 2.09. The predicted molar refractivity (Wildman–Crippen MR) is 63.4 cm³/mol. The van der Waals surface area contributed by atoms with Gasteiger partial charge >= 0.3 is 0 Å². The number of hydrogen-bond acceptors (Lipinski definition) is 3. The number of nitrogens with zero attached hydrogens (tertiary/aromatic N) is 2. The molecule has 0 aliphatic heterocycles. The minimum Gasteiger partial charge on any atom is -0.392 e. The van der Waals surface area contributed by atoms with Crippen LogP contribution in [0.25, 0.3) is 0 Å². The van der Waals surface area contributed by atoms with E-state index >= 15 is 0 Å². The summed E-state index contributed by atoms with van der Waals surface area (Å²) in [5.74, 6) is -0.356. The molecule has 0 saturated carbocycles. The molecule has 2 N–H and O–H groups in total. The van der Waals surface area contributed by atoms with Gasteiger partial charge in [0.25, 0.3) is 5.56 Å². The third-order valence-electron chi connectivity index (χ3n) is 2.27. The van der Waals surface area contributed by atoms with Gasteiger partial charge in [0.2, 0.25) is 0 Å². The summed E-state index contributed by atoms with van der Waals surface area (Å²) in [5.41, 5.74) is 5.57. The summed E-state index contributed by atoms with van der Waals surface area (Å²) < 4.78 is 14.2. The van der Waals surface area contributed by atoms with Crippen molar-refractivity contribution >= 4 is 17.3 Å². The van der Waals surface area contributed by atoms with Crippen LogP contribution in [0.4, 0.5) is 10.1 Å². The fourth-order valence-electron chi connectivity index (χ4n) is 1.43. The van der Waals surface area contributed by atoms with Crippen molar-refractivity contribution in [3.8, 4) is 0 Å². The zero-order valence-electron chi connectivity index (χ0n) is 8.73. The summed E-state index contributed by atoms with van der Waals surface area (Å²) in [6.45, 7) is 0.199. The molecular formula is C11H9ClFN3O. The Morgan fingerprint density at radius 2 is 2.24 bits per heavy atom. The van der Waals surface area contributed by atoms with Crippen molar-refractivity contribution in [1.29, 1.82) is 0 Å². The predicted octanol–water partition coefficient (Wildman–Crippen LogP) is 1.67. The van der Waals surface area contributed by atoms with E-state index in [0.29, 0.717) is 5.56 Å². The molecule has 0 radical (unpaired) electrons. The zero-order valence-corrected chi connectivity index (χ0v) is 9.49. The smallest absolute Gasteiger partial charge is 0.278 e. The standard InChI is InChI=1S/C11H9ClFN3O/c12-10-9(14)11(17)16(6-15-10)5-7-2-1-3-8(13)4-7/h1-4,6H,5,14H2. The van der Waals surface area contributed by atoms with Gasteiger partial charge < -0.3 is 5.73 Å². The van der Waals surface area contributed by atoms with Gasteiger partial charge in [-0.2, -0.15) is 0 Å². The molecule has 17 heavy (non-hydrogen) atoms. The summed E-state index contributed by atoms with van der Waals surface area (Å²) in [6, 6.07) is 5.96. The van der Waals surface area contributed by atoms with Crippen LogP contribution in [0.3, 0.4) is 0 Å². The van der Waals surface area contributed by atoms with Gasteiger partial charge in [-0.3, -0.25) is 9.36 Å². The van der Waals surface area contributed by atoms with Crippen LogP contribution >= 0.6 is 11.6 Å². The fraction of sp³-hybridized carbons (Fsp3) is 0.0909. The van der Waals surface area contributed by atoms with E-state index in [4.69, 9.17) is 17.3 Å². The van der Waals surface area contributed by atoms with Crippen LogP contribution < -0.4 is 11.3 Å². The van der Waals surface area contributed by atoms with Crippen molar-refractivity contribution in [3.05, 3.63) is 57.5 Å². The van der Waals surface area contributed by atoms with Crippen molar-refractivity contribution in [3.63, 3.8) is 0 Å². The third-order valence-corrected chi connectivity index (χ3v) is 2.57. The third kappa shape index (κ3) is 2.45. The Kier molecular flexibility index (Phi) is 3.10. The molecular weight excluding hydrogens is 245 g/mol. The number of aromatic nitrogens is 2. The first-order valence-corrected chi connectivity index (χ1v) is 5.20. The van der Waals surface area contributed by atoms with E-state index in [2.05, 4.69) is 4.98 Å². The highest BCUT2D eigenvalue weighted by Gasteiger charge is 2.06. The highest BCUT2D eigenvalue weighted by molar-refractivity contribution is 6.31. The van der Waals surface area contributed by atoms with Gasteiger partial charge in [0.05, 0.1) is 12.9 Å². The molecule has 6 heteroatoms. The second-order valence-corrected chi connectivity index (χ2v) is 3.87. The van der Waals surface area contributed by atoms with Gasteiger partial charge in [0, 0.05) is 0 Å². The molecule has 0 aliphatic carbocycles. The highest BCUT2D eigenvalue weighted by atomic mass is 35.5. The molecule has 2 rings (SSSR count). The minimum absolute atomic E-state index is 0.0227. The second-order valence-electron chi connectivity index (χ2n) is 3.51. The van der Waals surface area contributed by atoms with E-state index in [9.17, 15) is 9.18 Å². The largest absolute Gasteiger partial charge is 0.392 e. The normalized spacial score (nSPS) is 10.5. The first kappa shape index (κ1) is 11.6. The molecule has 0 atom stereocenters. The lowest BCUT2D eigenvalue weighted by Gasteiger charge is -2.06. The first-order valence-electron chi connectivity index (χ1n) is 4.83. The lowest BCUT2D eigenvalue weighted by atomic mass is 10.2. The first-order chi connectivity index (χ1) is 8.08. The molecule has 1 aromatic heterocycles. The maximum atomic E-state index is 13.0. The Bertz CT molecular complexity index is 612. The minimum atomic E-state index is -0.436. The number of nitrogens with two attached hydrogens (primary N) is 1. The fourth-order valence-corrected chi connectivity index (χ4v) is 1.55. The molecule has 0 amide bonds. The maximum Gasteiger partial charge on any atom is 0.278 e. The molecule has 1 aromatic carbocycles. The molecule has 0 saturated heterocycles. The summed E-state index contributed by atoms with van der Waals surface area (Å²) in [4.78, 5) is 15.5. The Hall–Kier alpha value is -1.88. The van der Waals surface area contributed by atoms with E-state index < -0.39 is 5.56 Å². The molecule has 4 nitrogen and oxygen atoms in total. The Morgan fingerprint density at radius 3 is 2.94 bits per heavy atom. The average Bonchev–Trinajstić information content (AvgIpc) is 2.30. The maximum absolute atomic E-state index is 13.0. The second kappa shape index (κ2) is 4.55. The molecule has 0 unspecified atom stereocenters. The van der Waals surface area contributed by atoms with Gasteiger partial charge in [-0.15, -0.1) is 0 Å². The van der Waals surface area contributed by atoms with Crippen LogP contribution in [0, 0.1) is 5.82 Å². The topological polar surface area (TPSA) is 60.9 Å². The van der Waals surface area contributed by atoms with E-state index in [1.165, 1.54) is 23.0 Å².